The van der Waals surface area contributed by atoms with E-state index in [0.29, 0.717) is 37.4 Å². The lowest BCUT2D eigenvalue weighted by Crippen LogP contribution is -2.21. The molecule has 104 valence electrons. The molecule has 1 amide bonds. The lowest BCUT2D eigenvalue weighted by molar-refractivity contribution is 0.1000. The van der Waals surface area contributed by atoms with E-state index in [1.807, 2.05) is 6.92 Å². The summed E-state index contributed by atoms with van der Waals surface area (Å²) < 4.78 is 18.8. The number of benzene rings is 1. The molecule has 3 N–H and O–H groups in total. The molecule has 0 aliphatic heterocycles. The van der Waals surface area contributed by atoms with E-state index in [4.69, 9.17) is 10.5 Å². The van der Waals surface area contributed by atoms with Crippen molar-refractivity contribution >= 4 is 5.91 Å². The van der Waals surface area contributed by atoms with Gasteiger partial charge in [-0.2, -0.15) is 0 Å². The number of primary amides is 1. The van der Waals surface area contributed by atoms with Crippen molar-refractivity contribution in [2.75, 3.05) is 19.8 Å². The minimum Gasteiger partial charge on any atom is -0.376 e. The Morgan fingerprint density at radius 1 is 1.53 bits per heavy atom. The number of nitrogens with one attached hydrogen (secondary N) is 1. The van der Waals surface area contributed by atoms with Crippen LogP contribution in [0.1, 0.15) is 22.8 Å². The number of nitrogens with two attached hydrogens (primary N) is 1. The Labute approximate surface area is 112 Å². The van der Waals surface area contributed by atoms with Crippen molar-refractivity contribution in [3.05, 3.63) is 47.3 Å². The minimum absolute atomic E-state index is 0.303. The number of halogens is 1. The molecule has 0 spiro atoms. The Morgan fingerprint density at radius 2 is 2.26 bits per heavy atom. The molecule has 1 rings (SSSR count). The normalized spacial score (nSPS) is 10.4. The molecule has 4 nitrogen and oxygen atoms in total. The molecule has 0 radical (unpaired) electrons. The van der Waals surface area contributed by atoms with Crippen molar-refractivity contribution < 1.29 is 13.9 Å². The zero-order chi connectivity index (χ0) is 14.3. The second kappa shape index (κ2) is 7.66. The maximum Gasteiger partial charge on any atom is 0.248 e. The predicted octanol–water partition coefficient (Wildman–Crippen LogP) is 1.61. The molecule has 0 aliphatic rings. The van der Waals surface area contributed by atoms with E-state index in [2.05, 4.69) is 11.9 Å². The molecule has 1 aromatic carbocycles. The van der Waals surface area contributed by atoms with E-state index in [-0.39, 0.29) is 5.82 Å². The van der Waals surface area contributed by atoms with Crippen LogP contribution >= 0.6 is 0 Å². The van der Waals surface area contributed by atoms with Crippen molar-refractivity contribution in [2.24, 2.45) is 5.73 Å². The van der Waals surface area contributed by atoms with Crippen molar-refractivity contribution in [1.82, 2.24) is 5.32 Å². The number of ether oxygens (including phenoxy) is 1. The predicted molar refractivity (Wildman–Crippen MR) is 72.3 cm³/mol. The van der Waals surface area contributed by atoms with E-state index in [0.717, 1.165) is 5.57 Å². The van der Waals surface area contributed by atoms with Gasteiger partial charge in [-0.1, -0.05) is 12.2 Å². The third-order valence-corrected chi connectivity index (χ3v) is 2.42. The summed E-state index contributed by atoms with van der Waals surface area (Å²) in [4.78, 5) is 11.0. The summed E-state index contributed by atoms with van der Waals surface area (Å²) in [6.45, 7) is 7.56. The Bertz CT molecular complexity index is 461. The van der Waals surface area contributed by atoms with Crippen LogP contribution in [0.5, 0.6) is 0 Å². The van der Waals surface area contributed by atoms with Gasteiger partial charge in [0.2, 0.25) is 5.91 Å². The van der Waals surface area contributed by atoms with Gasteiger partial charge in [0.25, 0.3) is 0 Å². The Morgan fingerprint density at radius 3 is 2.89 bits per heavy atom. The molecule has 0 heterocycles. The molecule has 0 fully saturated rings. The fourth-order valence-electron chi connectivity index (χ4n) is 1.48. The van der Waals surface area contributed by atoms with Crippen LogP contribution in [0.2, 0.25) is 0 Å². The lowest BCUT2D eigenvalue weighted by atomic mass is 10.1. The highest BCUT2D eigenvalue weighted by atomic mass is 19.1. The van der Waals surface area contributed by atoms with Crippen LogP contribution in [0.15, 0.2) is 30.4 Å². The molecule has 0 aliphatic carbocycles. The number of amides is 1. The van der Waals surface area contributed by atoms with Crippen LogP contribution in [0, 0.1) is 5.82 Å². The topological polar surface area (TPSA) is 64.3 Å². The second-order valence-corrected chi connectivity index (χ2v) is 4.36. The highest BCUT2D eigenvalue weighted by Crippen LogP contribution is 2.10. The third kappa shape index (κ3) is 5.63. The molecular formula is C14H19FN2O2. The van der Waals surface area contributed by atoms with Crippen LogP contribution in [-0.2, 0) is 11.3 Å². The molecule has 0 saturated carbocycles. The van der Waals surface area contributed by atoms with Gasteiger partial charge in [0.15, 0.2) is 0 Å². The summed E-state index contributed by atoms with van der Waals surface area (Å²) >= 11 is 0. The van der Waals surface area contributed by atoms with Crippen molar-refractivity contribution in [3.8, 4) is 0 Å². The van der Waals surface area contributed by atoms with Gasteiger partial charge in [-0.3, -0.25) is 4.79 Å². The molecule has 5 heteroatoms. The molecule has 1 aromatic rings. The summed E-state index contributed by atoms with van der Waals surface area (Å²) in [5.74, 6) is -0.925. The number of rotatable bonds is 8. The maximum atomic E-state index is 13.5. The first kappa shape index (κ1) is 15.3. The second-order valence-electron chi connectivity index (χ2n) is 4.36. The van der Waals surface area contributed by atoms with Gasteiger partial charge < -0.3 is 15.8 Å². The van der Waals surface area contributed by atoms with Gasteiger partial charge in [-0.25, -0.2) is 4.39 Å². The Hall–Kier alpha value is -1.72. The molecule has 0 aromatic heterocycles. The molecule has 0 atom stereocenters. The summed E-state index contributed by atoms with van der Waals surface area (Å²) in [5, 5.41) is 3.04. The van der Waals surface area contributed by atoms with Crippen molar-refractivity contribution in [2.45, 2.75) is 13.5 Å². The zero-order valence-electron chi connectivity index (χ0n) is 11.0. The summed E-state index contributed by atoms with van der Waals surface area (Å²) in [5.41, 5.74) is 6.82. The summed E-state index contributed by atoms with van der Waals surface area (Å²) in [6.07, 6.45) is 0. The molecule has 0 bridgehead atoms. The minimum atomic E-state index is -0.564. The lowest BCUT2D eigenvalue weighted by Gasteiger charge is -2.08. The first-order valence-corrected chi connectivity index (χ1v) is 6.01. The fraction of sp³-hybridized carbons (Fsp3) is 0.357. The van der Waals surface area contributed by atoms with Crippen LogP contribution < -0.4 is 11.1 Å². The first-order chi connectivity index (χ1) is 9.00. The average Bonchev–Trinajstić information content (AvgIpc) is 2.34. The van der Waals surface area contributed by atoms with Crippen LogP contribution in [-0.4, -0.2) is 25.7 Å². The fourth-order valence-corrected chi connectivity index (χ4v) is 1.48. The quantitative estimate of drug-likeness (QED) is 0.555. The molecule has 19 heavy (non-hydrogen) atoms. The highest BCUT2D eigenvalue weighted by molar-refractivity contribution is 5.92. The largest absolute Gasteiger partial charge is 0.376 e. The van der Waals surface area contributed by atoms with E-state index < -0.39 is 5.91 Å². The number of carbonyl (C=O) groups is 1. The van der Waals surface area contributed by atoms with Gasteiger partial charge in [0, 0.05) is 24.2 Å². The van der Waals surface area contributed by atoms with Crippen LogP contribution in [0.25, 0.3) is 0 Å². The monoisotopic (exact) mass is 266 g/mol. The number of hydrogen-bond donors (Lipinski definition) is 2. The SMILES string of the molecule is C=C(C)COCCNCc1cc(C(N)=O)ccc1F. The summed E-state index contributed by atoms with van der Waals surface area (Å²) in [7, 11) is 0. The van der Waals surface area contributed by atoms with E-state index in [1.54, 1.807) is 0 Å². The Balaban J connectivity index is 2.38. The van der Waals surface area contributed by atoms with Gasteiger partial charge in [-0.15, -0.1) is 0 Å². The van der Waals surface area contributed by atoms with E-state index in [9.17, 15) is 9.18 Å². The molecular weight excluding hydrogens is 247 g/mol. The van der Waals surface area contributed by atoms with Crippen LogP contribution in [0.4, 0.5) is 4.39 Å². The van der Waals surface area contributed by atoms with Gasteiger partial charge in [0.05, 0.1) is 13.2 Å². The van der Waals surface area contributed by atoms with E-state index in [1.165, 1.54) is 18.2 Å². The zero-order valence-corrected chi connectivity index (χ0v) is 11.0. The van der Waals surface area contributed by atoms with Gasteiger partial charge in [0.1, 0.15) is 5.82 Å². The van der Waals surface area contributed by atoms with Gasteiger partial charge >= 0.3 is 0 Å². The average molecular weight is 266 g/mol. The standard InChI is InChI=1S/C14H19FN2O2/c1-10(2)9-19-6-5-17-8-12-7-11(14(16)18)3-4-13(12)15/h3-4,7,17H,1,5-6,8-9H2,2H3,(H2,16,18). The van der Waals surface area contributed by atoms with Gasteiger partial charge in [-0.05, 0) is 25.1 Å². The smallest absolute Gasteiger partial charge is 0.248 e. The van der Waals surface area contributed by atoms with Crippen molar-refractivity contribution in [1.29, 1.82) is 0 Å². The first-order valence-electron chi connectivity index (χ1n) is 6.01. The third-order valence-electron chi connectivity index (χ3n) is 2.42. The Kier molecular flexibility index (Phi) is 6.18. The number of hydrogen-bond acceptors (Lipinski definition) is 3. The van der Waals surface area contributed by atoms with Crippen molar-refractivity contribution in [3.63, 3.8) is 0 Å². The van der Waals surface area contributed by atoms with E-state index >= 15 is 0 Å². The van der Waals surface area contributed by atoms with Crippen LogP contribution in [0.3, 0.4) is 0 Å². The summed E-state index contributed by atoms with van der Waals surface area (Å²) in [6, 6.07) is 4.07. The molecule has 0 unspecified atom stereocenters. The highest BCUT2D eigenvalue weighted by Gasteiger charge is 2.06. The maximum absolute atomic E-state index is 13.5. The number of carbonyl (C=O) groups excluding carboxylic acids is 1. The molecule has 0 saturated heterocycles.